The molecule has 0 aromatic heterocycles. The lowest BCUT2D eigenvalue weighted by Gasteiger charge is -2.17. The first kappa shape index (κ1) is 19.4. The fourth-order valence-corrected chi connectivity index (χ4v) is 3.29. The Morgan fingerprint density at radius 1 is 0.682 bits per heavy atom. The maximum Gasteiger partial charge on any atom is 0.0898 e. The molecule has 0 radical (unpaired) electrons. The third-order valence-corrected chi connectivity index (χ3v) is 4.97. The SMILES string of the molecule is C(=NC1CCCCC1)=NC1CCCCC1.CCN(CC)CC. The van der Waals surface area contributed by atoms with E-state index in [0.29, 0.717) is 12.1 Å². The van der Waals surface area contributed by atoms with Gasteiger partial charge in [-0.25, -0.2) is 9.98 Å². The molecule has 2 aliphatic rings. The van der Waals surface area contributed by atoms with Gasteiger partial charge in [0, 0.05) is 0 Å². The second-order valence-corrected chi connectivity index (χ2v) is 6.56. The average molecular weight is 308 g/mol. The molecule has 0 saturated heterocycles. The van der Waals surface area contributed by atoms with Gasteiger partial charge in [0.15, 0.2) is 0 Å². The smallest absolute Gasteiger partial charge is 0.0898 e. The van der Waals surface area contributed by atoms with Crippen LogP contribution in [0.25, 0.3) is 0 Å². The highest BCUT2D eigenvalue weighted by molar-refractivity contribution is 5.42. The molecule has 3 heteroatoms. The van der Waals surface area contributed by atoms with Crippen molar-refractivity contribution in [3.05, 3.63) is 0 Å². The number of nitrogens with zero attached hydrogens (tertiary/aromatic N) is 3. The Bertz CT molecular complexity index is 277. The highest BCUT2D eigenvalue weighted by Crippen LogP contribution is 2.21. The van der Waals surface area contributed by atoms with E-state index in [1.165, 1.54) is 83.8 Å². The highest BCUT2D eigenvalue weighted by atomic mass is 15.1. The predicted molar refractivity (Wildman–Crippen MR) is 97.1 cm³/mol. The van der Waals surface area contributed by atoms with Gasteiger partial charge in [-0.15, -0.1) is 0 Å². The van der Waals surface area contributed by atoms with Crippen molar-refractivity contribution in [2.24, 2.45) is 9.98 Å². The fourth-order valence-electron chi connectivity index (χ4n) is 3.29. The molecular formula is C19H37N3. The van der Waals surface area contributed by atoms with E-state index < -0.39 is 0 Å². The number of hydrogen-bond donors (Lipinski definition) is 0. The fraction of sp³-hybridized carbons (Fsp3) is 0.947. The summed E-state index contributed by atoms with van der Waals surface area (Å²) in [4.78, 5) is 11.3. The highest BCUT2D eigenvalue weighted by Gasteiger charge is 2.12. The van der Waals surface area contributed by atoms with Gasteiger partial charge in [0.25, 0.3) is 0 Å². The Hall–Kier alpha value is -0.660. The summed E-state index contributed by atoms with van der Waals surface area (Å²) in [5.41, 5.74) is 0. The summed E-state index contributed by atoms with van der Waals surface area (Å²) in [5.74, 6) is 0. The Balaban J connectivity index is 0.000000295. The van der Waals surface area contributed by atoms with E-state index in [2.05, 4.69) is 41.7 Å². The minimum absolute atomic E-state index is 0.533. The number of aliphatic imine (C=N–C) groups is 2. The van der Waals surface area contributed by atoms with Gasteiger partial charge in [0.2, 0.25) is 0 Å². The summed E-state index contributed by atoms with van der Waals surface area (Å²) >= 11 is 0. The lowest BCUT2D eigenvalue weighted by Crippen LogP contribution is -2.21. The molecule has 22 heavy (non-hydrogen) atoms. The quantitative estimate of drug-likeness (QED) is 0.644. The van der Waals surface area contributed by atoms with Crippen LogP contribution in [0.3, 0.4) is 0 Å². The zero-order valence-electron chi connectivity index (χ0n) is 15.2. The predicted octanol–water partition coefficient (Wildman–Crippen LogP) is 5.17. The van der Waals surface area contributed by atoms with Crippen LogP contribution in [0.15, 0.2) is 9.98 Å². The normalized spacial score (nSPS) is 20.0. The van der Waals surface area contributed by atoms with Crippen LogP contribution in [-0.4, -0.2) is 42.6 Å². The molecule has 0 bridgehead atoms. The van der Waals surface area contributed by atoms with Crippen molar-refractivity contribution in [3.63, 3.8) is 0 Å². The van der Waals surface area contributed by atoms with Crippen LogP contribution in [0.5, 0.6) is 0 Å². The third-order valence-electron chi connectivity index (χ3n) is 4.97. The zero-order chi connectivity index (χ0) is 16.0. The molecule has 3 nitrogen and oxygen atoms in total. The molecule has 0 unspecified atom stereocenters. The largest absolute Gasteiger partial charge is 0.304 e. The molecular weight excluding hydrogens is 270 g/mol. The number of hydrogen-bond acceptors (Lipinski definition) is 3. The van der Waals surface area contributed by atoms with Crippen LogP contribution < -0.4 is 0 Å². The topological polar surface area (TPSA) is 28.0 Å². The van der Waals surface area contributed by atoms with E-state index in [1.54, 1.807) is 0 Å². The Kier molecular flexibility index (Phi) is 11.3. The van der Waals surface area contributed by atoms with Crippen LogP contribution in [0.1, 0.15) is 85.0 Å². The van der Waals surface area contributed by atoms with Gasteiger partial charge in [-0.1, -0.05) is 59.3 Å². The van der Waals surface area contributed by atoms with E-state index in [0.717, 1.165) is 0 Å². The average Bonchev–Trinajstić information content (AvgIpc) is 2.59. The molecule has 128 valence electrons. The summed E-state index contributed by atoms with van der Waals surface area (Å²) in [6.45, 7) is 10.1. The van der Waals surface area contributed by atoms with Crippen LogP contribution in [0.2, 0.25) is 0 Å². The molecule has 2 fully saturated rings. The molecule has 0 spiro atoms. The summed E-state index contributed by atoms with van der Waals surface area (Å²) in [6.07, 6.45) is 13.2. The van der Waals surface area contributed by atoms with Crippen molar-refractivity contribution in [2.45, 2.75) is 97.1 Å². The standard InChI is InChI=1S/C13H22N2.C6H15N/c1-3-7-12(8-4-1)14-11-15-13-9-5-2-6-10-13;1-4-7(5-2)6-3/h12-13H,1-10H2;4-6H2,1-3H3. The van der Waals surface area contributed by atoms with Crippen molar-refractivity contribution < 1.29 is 0 Å². The van der Waals surface area contributed by atoms with Gasteiger partial charge in [-0.2, -0.15) is 0 Å². The van der Waals surface area contributed by atoms with E-state index in [1.807, 2.05) is 0 Å². The minimum atomic E-state index is 0.533. The van der Waals surface area contributed by atoms with Crippen LogP contribution in [0.4, 0.5) is 0 Å². The summed E-state index contributed by atoms with van der Waals surface area (Å²) in [5, 5.41) is 0. The molecule has 2 saturated carbocycles. The summed E-state index contributed by atoms with van der Waals surface area (Å²) < 4.78 is 0. The van der Waals surface area contributed by atoms with E-state index in [9.17, 15) is 0 Å². The van der Waals surface area contributed by atoms with Crippen molar-refractivity contribution in [2.75, 3.05) is 19.6 Å². The van der Waals surface area contributed by atoms with Crippen molar-refractivity contribution in [1.82, 2.24) is 4.90 Å². The van der Waals surface area contributed by atoms with Crippen molar-refractivity contribution >= 4 is 6.01 Å². The Morgan fingerprint density at radius 3 is 1.32 bits per heavy atom. The van der Waals surface area contributed by atoms with Crippen LogP contribution >= 0.6 is 0 Å². The lowest BCUT2D eigenvalue weighted by molar-refractivity contribution is 0.321. The lowest BCUT2D eigenvalue weighted by atomic mass is 9.96. The van der Waals surface area contributed by atoms with Gasteiger partial charge in [-0.05, 0) is 45.3 Å². The maximum atomic E-state index is 4.46. The molecule has 0 aromatic carbocycles. The molecule has 0 aliphatic heterocycles. The van der Waals surface area contributed by atoms with E-state index in [-0.39, 0.29) is 0 Å². The second kappa shape index (κ2) is 12.8. The monoisotopic (exact) mass is 307 g/mol. The zero-order valence-corrected chi connectivity index (χ0v) is 15.2. The summed E-state index contributed by atoms with van der Waals surface area (Å²) in [6, 6.07) is 4.04. The Labute approximate surface area is 138 Å². The minimum Gasteiger partial charge on any atom is -0.304 e. The molecule has 0 amide bonds. The van der Waals surface area contributed by atoms with E-state index >= 15 is 0 Å². The third kappa shape index (κ3) is 8.70. The van der Waals surface area contributed by atoms with Crippen LogP contribution in [0, 0.1) is 0 Å². The molecule has 2 rings (SSSR count). The molecule has 2 aliphatic carbocycles. The van der Waals surface area contributed by atoms with Gasteiger partial charge in [0.1, 0.15) is 0 Å². The molecule has 0 atom stereocenters. The van der Waals surface area contributed by atoms with Gasteiger partial charge < -0.3 is 4.90 Å². The first-order valence-corrected chi connectivity index (χ1v) is 9.67. The van der Waals surface area contributed by atoms with Crippen LogP contribution in [-0.2, 0) is 0 Å². The second-order valence-electron chi connectivity index (χ2n) is 6.56. The first-order valence-electron chi connectivity index (χ1n) is 9.67. The van der Waals surface area contributed by atoms with Crippen molar-refractivity contribution in [3.8, 4) is 0 Å². The van der Waals surface area contributed by atoms with Gasteiger partial charge in [0.05, 0.1) is 18.1 Å². The molecule has 0 N–H and O–H groups in total. The van der Waals surface area contributed by atoms with Gasteiger partial charge in [-0.3, -0.25) is 0 Å². The first-order chi connectivity index (χ1) is 10.8. The van der Waals surface area contributed by atoms with Crippen molar-refractivity contribution in [1.29, 1.82) is 0 Å². The summed E-state index contributed by atoms with van der Waals surface area (Å²) in [7, 11) is 0. The Morgan fingerprint density at radius 2 is 1.05 bits per heavy atom. The molecule has 0 aromatic rings. The number of rotatable bonds is 5. The molecule has 0 heterocycles. The van der Waals surface area contributed by atoms with E-state index in [4.69, 9.17) is 0 Å². The maximum absolute atomic E-state index is 4.46. The van der Waals surface area contributed by atoms with Gasteiger partial charge >= 0.3 is 0 Å².